The summed E-state index contributed by atoms with van der Waals surface area (Å²) in [6.45, 7) is 20.3. The molecule has 0 unspecified atom stereocenters. The topological polar surface area (TPSA) is 77.0 Å². The second kappa shape index (κ2) is 15.7. The van der Waals surface area contributed by atoms with E-state index in [-0.39, 0.29) is 43.1 Å². The molecule has 0 fully saturated rings. The Kier molecular flexibility index (Phi) is 10.5. The molecule has 6 nitrogen and oxygen atoms in total. The molecule has 0 bridgehead atoms. The molecule has 0 radical (unpaired) electrons. The smallest absolute Gasteiger partial charge is 0.165 e. The number of hydrogen-bond donors (Lipinski definition) is 1. The minimum absolute atomic E-state index is 0. The summed E-state index contributed by atoms with van der Waals surface area (Å²) >= 11 is 0. The molecule has 0 spiro atoms. The number of furan rings is 1. The standard InChI is InChI=1S/C57H51N4O2.Pt/c1-55(2,3)38-24-25-45(43(31-38)34-17-11-10-12-18-34)61-46-22-15-21-42(49-47(62)33-59-52-41-20-13-14-23-48(41)63-53(49)52)51(46)60-54(61)37-27-36(29-39(30-37)56(4,5)6)44-32-40(57(7,8)9)28-35-19-16-26-58-50(35)44;/h10-26,28-33,62H,1-9H3;/q-1;. The fourth-order valence-corrected chi connectivity index (χ4v) is 8.77. The quantitative estimate of drug-likeness (QED) is 0.174. The Labute approximate surface area is 389 Å². The largest absolute Gasteiger partial charge is 0.506 e. The number of fused-ring (bicyclic) bond motifs is 5. The van der Waals surface area contributed by atoms with Gasteiger partial charge in [0.2, 0.25) is 0 Å². The summed E-state index contributed by atoms with van der Waals surface area (Å²) in [5.41, 5.74) is 14.9. The fourth-order valence-electron chi connectivity index (χ4n) is 8.77. The SMILES string of the molecule is CC(C)(C)c1cc(-c2cc(C(C)(C)C)cc3cccnc23)[c-]c(-c2nc3c(-c4c(O)cnc5c4oc4ccccc45)cccc3n2-c2ccc(C(C)(C)C)cc2-c2ccccc2)c1.[Pt]. The van der Waals surface area contributed by atoms with Crippen LogP contribution in [0.2, 0.25) is 0 Å². The monoisotopic (exact) mass is 1020 g/mol. The summed E-state index contributed by atoms with van der Waals surface area (Å²) in [6.07, 6.45) is 3.39. The maximum Gasteiger partial charge on any atom is 0.165 e. The predicted octanol–water partition coefficient (Wildman–Crippen LogP) is 14.9. The molecule has 4 aromatic heterocycles. The maximum absolute atomic E-state index is 11.7. The number of benzene rings is 6. The molecule has 6 aromatic carbocycles. The summed E-state index contributed by atoms with van der Waals surface area (Å²) < 4.78 is 8.80. The number of para-hydroxylation sites is 2. The van der Waals surface area contributed by atoms with E-state index in [1.165, 1.54) is 17.3 Å². The third kappa shape index (κ3) is 7.42. The Morgan fingerprint density at radius 1 is 0.578 bits per heavy atom. The summed E-state index contributed by atoms with van der Waals surface area (Å²) in [7, 11) is 0. The molecule has 0 atom stereocenters. The molecular formula is C57H51N4O2Pt-. The Morgan fingerprint density at radius 3 is 2.02 bits per heavy atom. The number of aromatic hydroxyl groups is 1. The normalized spacial score (nSPS) is 12.4. The molecular weight excluding hydrogens is 968 g/mol. The van der Waals surface area contributed by atoms with Crippen molar-refractivity contribution in [3.63, 3.8) is 0 Å². The van der Waals surface area contributed by atoms with Gasteiger partial charge in [0, 0.05) is 55.0 Å². The fraction of sp³-hybridized carbons (Fsp3) is 0.211. The first kappa shape index (κ1) is 42.9. The van der Waals surface area contributed by atoms with Gasteiger partial charge in [-0.15, -0.1) is 29.3 Å². The van der Waals surface area contributed by atoms with Crippen LogP contribution >= 0.6 is 0 Å². The third-order valence-corrected chi connectivity index (χ3v) is 12.3. The minimum atomic E-state index is -0.218. The Balaban J connectivity index is 0.00000518. The number of hydrogen-bond acceptors (Lipinski definition) is 5. The van der Waals surface area contributed by atoms with Crippen molar-refractivity contribution >= 4 is 44.0 Å². The van der Waals surface area contributed by atoms with Crippen LogP contribution in [0, 0.1) is 6.07 Å². The molecule has 64 heavy (non-hydrogen) atoms. The Morgan fingerprint density at radius 2 is 1.27 bits per heavy atom. The van der Waals surface area contributed by atoms with Crippen LogP contribution in [0.1, 0.15) is 79.0 Å². The Hall–Kier alpha value is -6.36. The molecule has 0 aliphatic rings. The van der Waals surface area contributed by atoms with E-state index >= 15 is 0 Å². The molecule has 322 valence electrons. The average Bonchev–Trinajstić information content (AvgIpc) is 3.84. The van der Waals surface area contributed by atoms with Crippen LogP contribution in [0.4, 0.5) is 0 Å². The number of rotatable bonds is 5. The van der Waals surface area contributed by atoms with Gasteiger partial charge < -0.3 is 14.1 Å². The van der Waals surface area contributed by atoms with Crippen LogP contribution in [0.25, 0.3) is 94.5 Å². The van der Waals surface area contributed by atoms with E-state index in [1.807, 2.05) is 48.7 Å². The minimum Gasteiger partial charge on any atom is -0.506 e. The van der Waals surface area contributed by atoms with Crippen LogP contribution in [0.5, 0.6) is 5.75 Å². The van der Waals surface area contributed by atoms with Gasteiger partial charge in [-0.3, -0.25) is 9.97 Å². The molecule has 0 saturated heterocycles. The van der Waals surface area contributed by atoms with E-state index in [0.717, 1.165) is 72.3 Å². The summed E-state index contributed by atoms with van der Waals surface area (Å²) in [4.78, 5) is 15.3. The predicted molar refractivity (Wildman–Crippen MR) is 260 cm³/mol. The maximum atomic E-state index is 11.7. The zero-order chi connectivity index (χ0) is 44.0. The van der Waals surface area contributed by atoms with E-state index < -0.39 is 0 Å². The van der Waals surface area contributed by atoms with Gasteiger partial charge in [0.1, 0.15) is 16.8 Å². The van der Waals surface area contributed by atoms with Crippen molar-refractivity contribution in [2.24, 2.45) is 0 Å². The van der Waals surface area contributed by atoms with Gasteiger partial charge >= 0.3 is 0 Å². The van der Waals surface area contributed by atoms with Crippen molar-refractivity contribution < 1.29 is 30.6 Å². The van der Waals surface area contributed by atoms with E-state index in [2.05, 4.69) is 163 Å². The molecule has 0 aliphatic carbocycles. The molecule has 4 heterocycles. The van der Waals surface area contributed by atoms with Gasteiger partial charge in [0.05, 0.1) is 28.6 Å². The molecule has 0 aliphatic heterocycles. The van der Waals surface area contributed by atoms with Gasteiger partial charge in [-0.05, 0) is 74.7 Å². The zero-order valence-electron chi connectivity index (χ0n) is 37.7. The van der Waals surface area contributed by atoms with Crippen molar-refractivity contribution in [2.75, 3.05) is 0 Å². The second-order valence-electron chi connectivity index (χ2n) is 19.9. The molecule has 0 amide bonds. The van der Waals surface area contributed by atoms with Crippen LogP contribution in [-0.2, 0) is 37.3 Å². The molecule has 10 rings (SSSR count). The van der Waals surface area contributed by atoms with Gasteiger partial charge in [-0.1, -0.05) is 152 Å². The van der Waals surface area contributed by atoms with E-state index in [9.17, 15) is 5.11 Å². The van der Waals surface area contributed by atoms with Crippen molar-refractivity contribution in [2.45, 2.75) is 78.6 Å². The zero-order valence-corrected chi connectivity index (χ0v) is 40.0. The van der Waals surface area contributed by atoms with E-state index in [1.54, 1.807) is 0 Å². The molecule has 1 N–H and O–H groups in total. The Bertz CT molecular complexity index is 3410. The van der Waals surface area contributed by atoms with Gasteiger partial charge in [-0.25, -0.2) is 4.98 Å². The number of aromatic nitrogens is 4. The van der Waals surface area contributed by atoms with Crippen LogP contribution in [-0.4, -0.2) is 24.6 Å². The summed E-state index contributed by atoms with van der Waals surface area (Å²) in [5.74, 6) is 0.746. The van der Waals surface area contributed by atoms with Gasteiger partial charge in [-0.2, -0.15) is 0 Å². The van der Waals surface area contributed by atoms with Gasteiger partial charge in [0.15, 0.2) is 5.58 Å². The second-order valence-corrected chi connectivity index (χ2v) is 19.9. The van der Waals surface area contributed by atoms with Crippen molar-refractivity contribution in [3.8, 4) is 56.2 Å². The average molecular weight is 1020 g/mol. The first-order valence-corrected chi connectivity index (χ1v) is 21.7. The van der Waals surface area contributed by atoms with Crippen LogP contribution in [0.15, 0.2) is 144 Å². The van der Waals surface area contributed by atoms with Gasteiger partial charge in [0.25, 0.3) is 0 Å². The van der Waals surface area contributed by atoms with Crippen LogP contribution < -0.4 is 0 Å². The summed E-state index contributed by atoms with van der Waals surface area (Å²) in [5, 5.41) is 13.7. The molecule has 7 heteroatoms. The van der Waals surface area contributed by atoms with Crippen molar-refractivity contribution in [1.29, 1.82) is 0 Å². The first-order valence-electron chi connectivity index (χ1n) is 21.7. The number of nitrogens with zero attached hydrogens (tertiary/aromatic N) is 4. The molecule has 10 aromatic rings. The van der Waals surface area contributed by atoms with E-state index in [4.69, 9.17) is 14.4 Å². The number of imidazole rings is 1. The molecule has 0 saturated carbocycles. The van der Waals surface area contributed by atoms with Crippen molar-refractivity contribution in [1.82, 2.24) is 19.5 Å². The number of pyridine rings is 2. The summed E-state index contributed by atoms with van der Waals surface area (Å²) in [6, 6.07) is 48.6. The third-order valence-electron chi connectivity index (χ3n) is 12.3. The van der Waals surface area contributed by atoms with Crippen molar-refractivity contribution in [3.05, 3.63) is 163 Å². The van der Waals surface area contributed by atoms with E-state index in [0.29, 0.717) is 27.8 Å². The van der Waals surface area contributed by atoms with Crippen LogP contribution in [0.3, 0.4) is 0 Å². The first-order chi connectivity index (χ1) is 30.0.